The molecule has 119 heavy (non-hydrogen) atoms. The molecule has 670 valence electrons. The Morgan fingerprint density at radius 3 is 0.824 bits per heavy atom. The van der Waals surface area contributed by atoms with E-state index in [9.17, 15) is 52.7 Å². The first-order chi connectivity index (χ1) is 56.9. The smallest absolute Gasteiger partial charge is 0.315 e. The second kappa shape index (κ2) is 56.8. The predicted molar refractivity (Wildman–Crippen MR) is 467 cm³/mol. The third-order valence-corrected chi connectivity index (χ3v) is 20.4. The van der Waals surface area contributed by atoms with Gasteiger partial charge in [-0.15, -0.1) is 0 Å². The van der Waals surface area contributed by atoms with Crippen LogP contribution >= 0.6 is 0 Å². The van der Waals surface area contributed by atoms with Crippen LogP contribution in [0.2, 0.25) is 0 Å². The minimum atomic E-state index is -0.662. The molecule has 38 heteroatoms. The number of carbonyl (C=O) groups is 11. The number of H-pyrrole nitrogens is 2. The van der Waals surface area contributed by atoms with Gasteiger partial charge in [0.05, 0.1) is 30.2 Å². The number of fused-ring (bicyclic) bond motifs is 2. The summed E-state index contributed by atoms with van der Waals surface area (Å²) in [5, 5.41) is 60.4. The van der Waals surface area contributed by atoms with Crippen molar-refractivity contribution in [3.8, 4) is 0 Å². The minimum absolute atomic E-state index is 0.00418. The van der Waals surface area contributed by atoms with E-state index < -0.39 is 109 Å². The Morgan fingerprint density at radius 1 is 0.294 bits per heavy atom. The van der Waals surface area contributed by atoms with E-state index in [1.165, 1.54) is 0 Å². The number of hydrogen-bond donors (Lipinski definition) is 27. The number of amides is 21. The average molecular weight is 1670 g/mol. The van der Waals surface area contributed by atoms with Crippen molar-refractivity contribution in [3.05, 3.63) is 72.1 Å². The molecule has 0 aliphatic rings. The molecule has 0 aliphatic heterocycles. The van der Waals surface area contributed by atoms with Gasteiger partial charge in [0.1, 0.15) is 0 Å². The number of benzene rings is 2. The van der Waals surface area contributed by atoms with E-state index in [-0.39, 0.29) is 113 Å². The third kappa shape index (κ3) is 42.7. The molecule has 10 atom stereocenters. The Hall–Kier alpha value is -10.5. The lowest BCUT2D eigenvalue weighted by Gasteiger charge is -2.26. The topological polar surface area (TPSA) is 590 Å². The van der Waals surface area contributed by atoms with Crippen molar-refractivity contribution in [2.45, 2.75) is 238 Å². The molecule has 0 saturated carbocycles. The fourth-order valence-corrected chi connectivity index (χ4v) is 13.2. The molecule has 0 aliphatic carbocycles. The van der Waals surface area contributed by atoms with Gasteiger partial charge in [-0.05, 0) is 158 Å². The van der Waals surface area contributed by atoms with Gasteiger partial charge in [-0.1, -0.05) is 117 Å². The van der Waals surface area contributed by atoms with Crippen LogP contribution < -0.4 is 135 Å². The van der Waals surface area contributed by atoms with Gasteiger partial charge in [0, 0.05) is 136 Å². The highest BCUT2D eigenvalue weighted by Crippen LogP contribution is 2.21. The number of para-hydroxylation sites is 2. The highest BCUT2D eigenvalue weighted by atomic mass is 16.2. The molecule has 0 fully saturated rings. The molecule has 38 nitrogen and oxygen atoms in total. The minimum Gasteiger partial charge on any atom is -0.370 e. The normalized spacial score (nSPS) is 13.9. The van der Waals surface area contributed by atoms with Gasteiger partial charge < -0.3 is 145 Å². The average Bonchev–Trinajstić information content (AvgIpc) is 1.69. The Morgan fingerprint density at radius 2 is 0.546 bits per heavy atom. The molecule has 0 radical (unpaired) electrons. The molecule has 2 aromatic heterocycles. The highest BCUT2D eigenvalue weighted by Gasteiger charge is 2.28. The Labute approximate surface area is 701 Å². The number of nitrogens with two attached hydrogens (primary N) is 5. The SMILES string of the molecule is CC(C)NC(=O)N[C@H](CNC(=O)N[C@@H](CCCCN)CNC(=O)N[C@H](CNC(=O)N[C@@H](CCCCN)CNC(=O)N[C@H](CNC(=O)N[C@H](CNC(=O)N[C@@H](CCCCN)CNC(=O)N[C@H](CNC(=O)N[C@@H](CCCCN)CNC(=O)N[C@H](CCC(N)=O)C(C)C)Cc1c[nH]c2ccccc12)C(C)C)Cc1c[nH]c2ccccc12)C(C)C)C(C)C. The van der Waals surface area contributed by atoms with E-state index in [0.29, 0.717) is 122 Å². The van der Waals surface area contributed by atoms with Crippen molar-refractivity contribution in [3.63, 3.8) is 0 Å². The Bertz CT molecular complexity index is 3670. The summed E-state index contributed by atoms with van der Waals surface area (Å²) >= 11 is 0. The van der Waals surface area contributed by atoms with E-state index in [1.54, 1.807) is 0 Å². The summed E-state index contributed by atoms with van der Waals surface area (Å²) in [7, 11) is 0. The number of urea groups is 10. The molecular formula is C81H145N27O11. The molecule has 0 spiro atoms. The number of aromatic amines is 2. The van der Waals surface area contributed by atoms with Crippen LogP contribution in [0.1, 0.15) is 170 Å². The summed E-state index contributed by atoms with van der Waals surface area (Å²) in [4.78, 5) is 153. The van der Waals surface area contributed by atoms with E-state index >= 15 is 0 Å². The monoisotopic (exact) mass is 1670 g/mol. The summed E-state index contributed by atoms with van der Waals surface area (Å²) in [5.41, 5.74) is 32.3. The maximum atomic E-state index is 14.0. The standard InChI is InChI=1S/C81H145N27O11/c1-50(2)65(31-32-71(86)109)105-78(116)91-43-59(25-17-21-35-84)99-72(110)93-45-61(37-55-39-87-66-29-13-11-27-63(55)66)103-73(111)89-41-57(23-15-19-33-82)101-76(114)96-48-69(52(5)6)107-80(118)94-46-62(38-56-40-88-67-30-14-12-28-64(56)67)104-74(112)90-42-58(24-16-20-34-83)100-75(113)95-47-68(51(3)4)106-79(117)92-44-60(26-18-22-36-85)102-77(115)97-49-70(53(7)8)108-81(119)98-54(9)10/h11-14,27-30,39-40,50-54,57-62,65,68-70,87-88H,15-26,31-38,41-49,82-85H2,1-10H3,(H2,86,109)(H2,89,103,111)(H2,90,104,112)(H2,91,105,116)(H2,92,106,117)(H2,93,99,110)(H2,94,107,118)(H2,95,100,113)(H2,96,101,114)(H2,97,102,115)(H2,98,108,119)/t57-,58-,59-,60-,61-,62-,65+,68+,69+,70+/m0/s1. The van der Waals surface area contributed by atoms with Crippen molar-refractivity contribution in [1.29, 1.82) is 0 Å². The molecule has 4 rings (SSSR count). The van der Waals surface area contributed by atoms with Gasteiger partial charge in [0.2, 0.25) is 5.91 Å². The summed E-state index contributed by atoms with van der Waals surface area (Å²) < 4.78 is 0. The molecular weight excluding hydrogens is 1530 g/mol. The van der Waals surface area contributed by atoms with Crippen LogP contribution in [0.5, 0.6) is 0 Å². The summed E-state index contributed by atoms with van der Waals surface area (Å²) in [6, 6.07) is 5.28. The Balaban J connectivity index is 1.36. The fourth-order valence-electron chi connectivity index (χ4n) is 13.2. The highest BCUT2D eigenvalue weighted by molar-refractivity contribution is 5.85. The zero-order valence-electron chi connectivity index (χ0n) is 71.8. The number of unbranched alkanes of at least 4 members (excludes halogenated alkanes) is 4. The molecule has 2 heterocycles. The Kier molecular flexibility index (Phi) is 48.2. The van der Waals surface area contributed by atoms with Crippen LogP contribution in [0, 0.1) is 23.7 Å². The first-order valence-corrected chi connectivity index (χ1v) is 42.5. The van der Waals surface area contributed by atoms with Crippen LogP contribution in [-0.4, -0.2) is 228 Å². The van der Waals surface area contributed by atoms with Crippen LogP contribution in [0.15, 0.2) is 60.9 Å². The van der Waals surface area contributed by atoms with Crippen LogP contribution in [-0.2, 0) is 17.6 Å². The predicted octanol–water partition coefficient (Wildman–Crippen LogP) is 3.93. The van der Waals surface area contributed by atoms with Crippen molar-refractivity contribution >= 4 is 88.0 Å². The van der Waals surface area contributed by atoms with Crippen molar-refractivity contribution < 1.29 is 52.7 Å². The van der Waals surface area contributed by atoms with Gasteiger partial charge in [-0.3, -0.25) is 4.79 Å². The van der Waals surface area contributed by atoms with Gasteiger partial charge in [0.25, 0.3) is 0 Å². The maximum absolute atomic E-state index is 14.0. The number of rotatable bonds is 56. The lowest BCUT2D eigenvalue weighted by molar-refractivity contribution is -0.118. The maximum Gasteiger partial charge on any atom is 0.315 e. The third-order valence-electron chi connectivity index (χ3n) is 20.4. The molecule has 0 saturated heterocycles. The quantitative estimate of drug-likeness (QED) is 0.0279. The molecule has 4 aromatic rings. The van der Waals surface area contributed by atoms with Crippen LogP contribution in [0.4, 0.5) is 47.9 Å². The summed E-state index contributed by atoms with van der Waals surface area (Å²) in [6.07, 6.45) is 12.2. The zero-order valence-corrected chi connectivity index (χ0v) is 71.8. The van der Waals surface area contributed by atoms with E-state index in [1.807, 2.05) is 130 Å². The second-order valence-corrected chi connectivity index (χ2v) is 32.3. The van der Waals surface area contributed by atoms with Crippen LogP contribution in [0.25, 0.3) is 21.8 Å². The second-order valence-electron chi connectivity index (χ2n) is 32.3. The number of carbonyl (C=O) groups excluding carboxylic acids is 11. The van der Waals surface area contributed by atoms with Gasteiger partial charge in [0.15, 0.2) is 0 Å². The van der Waals surface area contributed by atoms with Crippen molar-refractivity contribution in [1.82, 2.24) is 116 Å². The van der Waals surface area contributed by atoms with Gasteiger partial charge in [-0.25, -0.2) is 47.9 Å². The zero-order chi connectivity index (χ0) is 87.6. The molecule has 0 bridgehead atoms. The fraction of sp³-hybridized carbons (Fsp3) is 0.667. The van der Waals surface area contributed by atoms with Gasteiger partial charge >= 0.3 is 60.3 Å². The molecule has 32 N–H and O–H groups in total. The van der Waals surface area contributed by atoms with Crippen LogP contribution in [0.3, 0.4) is 0 Å². The number of primary amides is 1. The summed E-state index contributed by atoms with van der Waals surface area (Å²) in [6.45, 7) is 21.3. The van der Waals surface area contributed by atoms with E-state index in [4.69, 9.17) is 28.7 Å². The first kappa shape index (κ1) is 101. The number of nitrogens with one attached hydrogen (secondary N) is 22. The molecule has 21 amide bonds. The largest absolute Gasteiger partial charge is 0.370 e. The number of hydrogen-bond acceptors (Lipinski definition) is 15. The van der Waals surface area contributed by atoms with E-state index in [2.05, 4.69) is 116 Å². The van der Waals surface area contributed by atoms with Gasteiger partial charge in [-0.2, -0.15) is 0 Å². The lowest BCUT2D eigenvalue weighted by atomic mass is 9.99. The van der Waals surface area contributed by atoms with Crippen molar-refractivity contribution in [2.75, 3.05) is 85.1 Å². The molecule has 2 aromatic carbocycles. The van der Waals surface area contributed by atoms with E-state index in [0.717, 1.165) is 32.9 Å². The summed E-state index contributed by atoms with van der Waals surface area (Å²) in [5.74, 6) is -0.709. The number of aromatic nitrogens is 2. The lowest BCUT2D eigenvalue weighted by Crippen LogP contribution is -2.56. The van der Waals surface area contributed by atoms with Crippen molar-refractivity contribution in [2.24, 2.45) is 52.3 Å². The first-order valence-electron chi connectivity index (χ1n) is 42.5. The molecule has 0 unspecified atom stereocenters.